The van der Waals surface area contributed by atoms with Crippen LogP contribution < -0.4 is 0 Å². The SMILES string of the molecule is CCCCC(CC)OC(=O)C1CCCCC1C(=O)O. The highest BCUT2D eigenvalue weighted by Crippen LogP contribution is 2.31. The molecule has 0 saturated heterocycles. The molecule has 0 aromatic carbocycles. The van der Waals surface area contributed by atoms with E-state index < -0.39 is 17.8 Å². The standard InChI is InChI=1S/C15H26O4/c1-3-5-8-11(4-2)19-15(18)13-10-7-6-9-12(13)14(16)17/h11-13H,3-10H2,1-2H3,(H,16,17). The Kier molecular flexibility index (Phi) is 6.89. The average Bonchev–Trinajstić information content (AvgIpc) is 2.43. The Morgan fingerprint density at radius 1 is 1.21 bits per heavy atom. The van der Waals surface area contributed by atoms with Crippen LogP contribution in [0.2, 0.25) is 0 Å². The number of ether oxygens (including phenoxy) is 1. The maximum atomic E-state index is 12.2. The van der Waals surface area contributed by atoms with Crippen LogP contribution in [0.4, 0.5) is 0 Å². The van der Waals surface area contributed by atoms with Gasteiger partial charge in [0.05, 0.1) is 11.8 Å². The van der Waals surface area contributed by atoms with E-state index in [4.69, 9.17) is 4.74 Å². The lowest BCUT2D eigenvalue weighted by Crippen LogP contribution is -2.35. The van der Waals surface area contributed by atoms with Crippen molar-refractivity contribution in [2.24, 2.45) is 11.8 Å². The Hall–Kier alpha value is -1.06. The van der Waals surface area contributed by atoms with Gasteiger partial charge in [-0.05, 0) is 25.7 Å². The normalized spacial score (nSPS) is 24.7. The van der Waals surface area contributed by atoms with Crippen molar-refractivity contribution in [2.75, 3.05) is 0 Å². The second kappa shape index (κ2) is 8.18. The topological polar surface area (TPSA) is 63.6 Å². The van der Waals surface area contributed by atoms with Gasteiger partial charge in [0, 0.05) is 0 Å². The molecule has 0 aromatic heterocycles. The van der Waals surface area contributed by atoms with Crippen molar-refractivity contribution in [3.8, 4) is 0 Å². The van der Waals surface area contributed by atoms with E-state index in [0.717, 1.165) is 38.5 Å². The Morgan fingerprint density at radius 2 is 1.84 bits per heavy atom. The van der Waals surface area contributed by atoms with Gasteiger partial charge in [-0.3, -0.25) is 9.59 Å². The lowest BCUT2D eigenvalue weighted by Gasteiger charge is -2.28. The molecule has 0 heterocycles. The molecule has 1 saturated carbocycles. The first kappa shape index (κ1) is 16.0. The van der Waals surface area contributed by atoms with Crippen molar-refractivity contribution in [2.45, 2.75) is 71.3 Å². The fourth-order valence-electron chi connectivity index (χ4n) is 2.74. The van der Waals surface area contributed by atoms with Gasteiger partial charge in [-0.25, -0.2) is 0 Å². The molecule has 1 rings (SSSR count). The number of aliphatic carboxylic acids is 1. The van der Waals surface area contributed by atoms with Gasteiger partial charge >= 0.3 is 11.9 Å². The monoisotopic (exact) mass is 270 g/mol. The second-order valence-corrected chi connectivity index (χ2v) is 5.45. The van der Waals surface area contributed by atoms with Gasteiger partial charge < -0.3 is 9.84 Å². The Bertz CT molecular complexity index is 301. The zero-order valence-corrected chi connectivity index (χ0v) is 12.1. The molecule has 0 aromatic rings. The summed E-state index contributed by atoms with van der Waals surface area (Å²) in [6.45, 7) is 4.11. The van der Waals surface area contributed by atoms with Gasteiger partial charge in [-0.2, -0.15) is 0 Å². The molecule has 19 heavy (non-hydrogen) atoms. The zero-order valence-electron chi connectivity index (χ0n) is 12.1. The van der Waals surface area contributed by atoms with Crippen molar-refractivity contribution < 1.29 is 19.4 Å². The molecule has 0 aliphatic heterocycles. The third-order valence-electron chi connectivity index (χ3n) is 4.00. The van der Waals surface area contributed by atoms with Crippen LogP contribution in [-0.2, 0) is 14.3 Å². The van der Waals surface area contributed by atoms with Gasteiger partial charge in [-0.15, -0.1) is 0 Å². The molecule has 3 unspecified atom stereocenters. The number of unbranched alkanes of at least 4 members (excludes halogenated alkanes) is 1. The molecule has 1 fully saturated rings. The van der Waals surface area contributed by atoms with E-state index in [2.05, 4.69) is 6.92 Å². The first-order chi connectivity index (χ1) is 9.10. The minimum Gasteiger partial charge on any atom is -0.481 e. The van der Waals surface area contributed by atoms with E-state index in [1.807, 2.05) is 6.92 Å². The highest BCUT2D eigenvalue weighted by molar-refractivity contribution is 5.81. The number of carbonyl (C=O) groups is 2. The molecule has 1 N–H and O–H groups in total. The van der Waals surface area contributed by atoms with Crippen LogP contribution in [0.3, 0.4) is 0 Å². The van der Waals surface area contributed by atoms with Crippen molar-refractivity contribution in [3.05, 3.63) is 0 Å². The van der Waals surface area contributed by atoms with E-state index in [-0.39, 0.29) is 12.1 Å². The molecule has 3 atom stereocenters. The van der Waals surface area contributed by atoms with Crippen molar-refractivity contribution >= 4 is 11.9 Å². The summed E-state index contributed by atoms with van der Waals surface area (Å²) in [7, 11) is 0. The average molecular weight is 270 g/mol. The molecule has 0 radical (unpaired) electrons. The van der Waals surface area contributed by atoms with E-state index in [9.17, 15) is 14.7 Å². The van der Waals surface area contributed by atoms with Crippen LogP contribution >= 0.6 is 0 Å². The van der Waals surface area contributed by atoms with Crippen molar-refractivity contribution in [1.29, 1.82) is 0 Å². The summed E-state index contributed by atoms with van der Waals surface area (Å²) in [5, 5.41) is 9.18. The molecule has 4 heteroatoms. The second-order valence-electron chi connectivity index (χ2n) is 5.45. The van der Waals surface area contributed by atoms with Gasteiger partial charge in [0.2, 0.25) is 0 Å². The summed E-state index contributed by atoms with van der Waals surface area (Å²) in [4.78, 5) is 23.3. The minimum absolute atomic E-state index is 0.0520. The van der Waals surface area contributed by atoms with Gasteiger partial charge in [-0.1, -0.05) is 39.5 Å². The predicted octanol–water partition coefficient (Wildman–Crippen LogP) is 3.39. The molecular weight excluding hydrogens is 244 g/mol. The van der Waals surface area contributed by atoms with Crippen molar-refractivity contribution in [1.82, 2.24) is 0 Å². The number of hydrogen-bond acceptors (Lipinski definition) is 3. The number of carbonyl (C=O) groups excluding carboxylic acids is 1. The number of carboxylic acid groups (broad SMARTS) is 1. The van der Waals surface area contributed by atoms with Crippen LogP contribution in [0, 0.1) is 11.8 Å². The predicted molar refractivity (Wildman–Crippen MR) is 72.8 cm³/mol. The summed E-state index contributed by atoms with van der Waals surface area (Å²) in [5.41, 5.74) is 0. The summed E-state index contributed by atoms with van der Waals surface area (Å²) in [5.74, 6) is -2.15. The highest BCUT2D eigenvalue weighted by Gasteiger charge is 2.37. The molecule has 4 nitrogen and oxygen atoms in total. The number of rotatable bonds is 7. The van der Waals surface area contributed by atoms with Crippen LogP contribution in [0.25, 0.3) is 0 Å². The van der Waals surface area contributed by atoms with Crippen LogP contribution in [-0.4, -0.2) is 23.1 Å². The Balaban J connectivity index is 2.56. The summed E-state index contributed by atoms with van der Waals surface area (Å²) in [6, 6.07) is 0. The molecule has 110 valence electrons. The van der Waals surface area contributed by atoms with Crippen molar-refractivity contribution in [3.63, 3.8) is 0 Å². The van der Waals surface area contributed by atoms with Gasteiger partial charge in [0.15, 0.2) is 0 Å². The number of carboxylic acids is 1. The third-order valence-corrected chi connectivity index (χ3v) is 4.00. The molecule has 0 bridgehead atoms. The van der Waals surface area contributed by atoms with Crippen LogP contribution in [0.15, 0.2) is 0 Å². The van der Waals surface area contributed by atoms with E-state index >= 15 is 0 Å². The fourth-order valence-corrected chi connectivity index (χ4v) is 2.74. The largest absolute Gasteiger partial charge is 0.481 e. The minimum atomic E-state index is -0.858. The fraction of sp³-hybridized carbons (Fsp3) is 0.867. The highest BCUT2D eigenvalue weighted by atomic mass is 16.5. The van der Waals surface area contributed by atoms with Crippen LogP contribution in [0.1, 0.15) is 65.2 Å². The van der Waals surface area contributed by atoms with Gasteiger partial charge in [0.25, 0.3) is 0 Å². The summed E-state index contributed by atoms with van der Waals surface area (Å²) in [6.07, 6.45) is 6.82. The molecular formula is C15H26O4. The maximum absolute atomic E-state index is 12.2. The smallest absolute Gasteiger partial charge is 0.310 e. The van der Waals surface area contributed by atoms with Crippen LogP contribution in [0.5, 0.6) is 0 Å². The van der Waals surface area contributed by atoms with E-state index in [1.165, 1.54) is 0 Å². The quantitative estimate of drug-likeness (QED) is 0.720. The Morgan fingerprint density at radius 3 is 2.37 bits per heavy atom. The lowest BCUT2D eigenvalue weighted by atomic mass is 9.79. The lowest BCUT2D eigenvalue weighted by molar-refractivity contribution is -0.164. The van der Waals surface area contributed by atoms with E-state index in [1.54, 1.807) is 0 Å². The molecule has 0 spiro atoms. The summed E-state index contributed by atoms with van der Waals surface area (Å²) >= 11 is 0. The van der Waals surface area contributed by atoms with Gasteiger partial charge in [0.1, 0.15) is 6.10 Å². The first-order valence-corrected chi connectivity index (χ1v) is 7.53. The molecule has 1 aliphatic rings. The third kappa shape index (κ3) is 4.84. The zero-order chi connectivity index (χ0) is 14.3. The Labute approximate surface area is 115 Å². The molecule has 1 aliphatic carbocycles. The molecule has 0 amide bonds. The summed E-state index contributed by atoms with van der Waals surface area (Å²) < 4.78 is 5.52. The first-order valence-electron chi connectivity index (χ1n) is 7.53. The van der Waals surface area contributed by atoms with E-state index in [0.29, 0.717) is 12.8 Å². The maximum Gasteiger partial charge on any atom is 0.310 e. The number of hydrogen-bond donors (Lipinski definition) is 1. The number of esters is 1.